The summed E-state index contributed by atoms with van der Waals surface area (Å²) in [6, 6.07) is 2.47. The molecule has 5 nitrogen and oxygen atoms in total. The van der Waals surface area contributed by atoms with Crippen LogP contribution in [0.5, 0.6) is 0 Å². The van der Waals surface area contributed by atoms with Crippen molar-refractivity contribution in [1.29, 1.82) is 0 Å². The minimum absolute atomic E-state index is 0.146. The molecule has 0 unspecified atom stereocenters. The highest BCUT2D eigenvalue weighted by atomic mass is 16.5. The van der Waals surface area contributed by atoms with Crippen LogP contribution in [0.4, 0.5) is 0 Å². The fourth-order valence-corrected chi connectivity index (χ4v) is 4.92. The molecule has 0 saturated heterocycles. The lowest BCUT2D eigenvalue weighted by Gasteiger charge is -2.35. The van der Waals surface area contributed by atoms with Crippen molar-refractivity contribution in [3.8, 4) is 0 Å². The van der Waals surface area contributed by atoms with Gasteiger partial charge in [0.15, 0.2) is 0 Å². The van der Waals surface area contributed by atoms with Gasteiger partial charge in [-0.15, -0.1) is 0 Å². The topological polar surface area (TPSA) is 60.3 Å². The highest BCUT2D eigenvalue weighted by molar-refractivity contribution is 5.99. The van der Waals surface area contributed by atoms with Gasteiger partial charge < -0.3 is 14.6 Å². The third-order valence-electron chi connectivity index (χ3n) is 6.30. The van der Waals surface area contributed by atoms with Crippen LogP contribution in [0.25, 0.3) is 0 Å². The zero-order chi connectivity index (χ0) is 18.7. The summed E-state index contributed by atoms with van der Waals surface area (Å²) in [5.41, 5.74) is 1.98. The largest absolute Gasteiger partial charge is 0.467 e. The van der Waals surface area contributed by atoms with Gasteiger partial charge in [0.25, 0.3) is 5.91 Å². The Morgan fingerprint density at radius 1 is 1.08 bits per heavy atom. The van der Waals surface area contributed by atoms with Crippen LogP contribution < -0.4 is 5.32 Å². The van der Waals surface area contributed by atoms with Crippen LogP contribution in [-0.4, -0.2) is 29.1 Å². The van der Waals surface area contributed by atoms with Crippen molar-refractivity contribution < 1.29 is 14.3 Å². The fourth-order valence-electron chi connectivity index (χ4n) is 4.92. The fraction of sp³-hybridized carbons (Fsp3) is 0.714. The Bertz CT molecular complexity index is 665. The first-order chi connectivity index (χ1) is 12.5. The number of amides is 1. The number of hydrogen-bond donors (Lipinski definition) is 1. The van der Waals surface area contributed by atoms with E-state index >= 15 is 0 Å². The van der Waals surface area contributed by atoms with E-state index in [-0.39, 0.29) is 11.9 Å². The van der Waals surface area contributed by atoms with Gasteiger partial charge in [-0.05, 0) is 45.6 Å². The molecule has 144 valence electrons. The van der Waals surface area contributed by atoms with Crippen molar-refractivity contribution in [1.82, 2.24) is 9.88 Å². The third-order valence-corrected chi connectivity index (χ3v) is 6.30. The lowest BCUT2D eigenvalue weighted by Crippen LogP contribution is -2.56. The third kappa shape index (κ3) is 3.53. The number of ether oxygens (including phenoxy) is 1. The van der Waals surface area contributed by atoms with Crippen molar-refractivity contribution in [3.63, 3.8) is 0 Å². The molecule has 5 heteroatoms. The molecular formula is C21H32N2O3. The molecule has 1 N–H and O–H groups in total. The first-order valence-electron chi connectivity index (χ1n) is 10.1. The van der Waals surface area contributed by atoms with Gasteiger partial charge in [-0.25, -0.2) is 4.79 Å². The lowest BCUT2D eigenvalue weighted by molar-refractivity contribution is -0.149. The quantitative estimate of drug-likeness (QED) is 0.818. The number of carbonyl (C=O) groups is 2. The summed E-state index contributed by atoms with van der Waals surface area (Å²) in [6.07, 6.45) is 10.5. The van der Waals surface area contributed by atoms with E-state index in [0.29, 0.717) is 24.4 Å². The summed E-state index contributed by atoms with van der Waals surface area (Å²) < 4.78 is 7.36. The minimum atomic E-state index is -0.864. The number of methoxy groups -OCH3 is 1. The molecule has 2 aliphatic carbocycles. The Kier molecular flexibility index (Phi) is 5.73. The molecule has 1 aromatic heterocycles. The van der Waals surface area contributed by atoms with Crippen LogP contribution >= 0.6 is 0 Å². The monoisotopic (exact) mass is 360 g/mol. The maximum atomic E-state index is 13.1. The van der Waals surface area contributed by atoms with Crippen molar-refractivity contribution in [3.05, 3.63) is 23.0 Å². The molecule has 3 rings (SSSR count). The number of nitrogens with one attached hydrogen (secondary N) is 1. The number of rotatable bonds is 4. The molecule has 1 amide bonds. The maximum absolute atomic E-state index is 13.1. The van der Waals surface area contributed by atoms with Gasteiger partial charge in [-0.2, -0.15) is 0 Å². The molecular weight excluding hydrogens is 328 g/mol. The molecule has 2 fully saturated rings. The van der Waals surface area contributed by atoms with Gasteiger partial charge in [0.1, 0.15) is 5.54 Å². The Hall–Kier alpha value is -1.78. The Balaban J connectivity index is 1.84. The van der Waals surface area contributed by atoms with Crippen LogP contribution in [0.1, 0.15) is 92.0 Å². The second-order valence-electron chi connectivity index (χ2n) is 8.04. The average molecular weight is 360 g/mol. The van der Waals surface area contributed by atoms with Crippen molar-refractivity contribution in [2.75, 3.05) is 7.11 Å². The molecule has 0 atom stereocenters. The number of esters is 1. The van der Waals surface area contributed by atoms with Crippen molar-refractivity contribution in [2.45, 2.75) is 89.6 Å². The van der Waals surface area contributed by atoms with E-state index in [2.05, 4.69) is 16.8 Å². The molecule has 0 radical (unpaired) electrons. The Morgan fingerprint density at radius 3 is 2.31 bits per heavy atom. The highest BCUT2D eigenvalue weighted by Crippen LogP contribution is 2.33. The predicted octanol–water partition coefficient (Wildman–Crippen LogP) is 4.22. The normalized spacial score (nSPS) is 20.6. The van der Waals surface area contributed by atoms with E-state index in [4.69, 9.17) is 4.74 Å². The average Bonchev–Trinajstić information content (AvgIpc) is 2.96. The van der Waals surface area contributed by atoms with E-state index in [1.165, 1.54) is 39.2 Å². The van der Waals surface area contributed by atoms with Gasteiger partial charge in [-0.1, -0.05) is 38.5 Å². The van der Waals surface area contributed by atoms with E-state index in [1.54, 1.807) is 0 Å². The van der Waals surface area contributed by atoms with E-state index < -0.39 is 5.54 Å². The molecule has 26 heavy (non-hydrogen) atoms. The second-order valence-corrected chi connectivity index (χ2v) is 8.04. The highest BCUT2D eigenvalue weighted by Gasteiger charge is 2.42. The lowest BCUT2D eigenvalue weighted by atomic mass is 9.81. The zero-order valence-corrected chi connectivity index (χ0v) is 16.4. The number of nitrogens with zero attached hydrogens (tertiary/aromatic N) is 1. The zero-order valence-electron chi connectivity index (χ0n) is 16.4. The van der Waals surface area contributed by atoms with Crippen LogP contribution in [0, 0.1) is 13.8 Å². The number of hydrogen-bond acceptors (Lipinski definition) is 3. The smallest absolute Gasteiger partial charge is 0.331 e. The standard InChI is InChI=1S/C21H32N2O3/c1-15-14-18(16(2)23(15)17-10-6-4-7-11-17)19(24)22-21(20(25)26-3)12-8-5-9-13-21/h14,17H,4-13H2,1-3H3,(H,22,24). The molecule has 2 saturated carbocycles. The van der Waals surface area contributed by atoms with Gasteiger partial charge in [0.05, 0.1) is 12.7 Å². The molecule has 1 aromatic rings. The van der Waals surface area contributed by atoms with E-state index in [0.717, 1.165) is 30.7 Å². The first kappa shape index (κ1) is 19.0. The summed E-state index contributed by atoms with van der Waals surface area (Å²) >= 11 is 0. The maximum Gasteiger partial charge on any atom is 0.331 e. The van der Waals surface area contributed by atoms with Crippen LogP contribution in [0.15, 0.2) is 6.07 Å². The van der Waals surface area contributed by atoms with Crippen LogP contribution in [0.3, 0.4) is 0 Å². The van der Waals surface area contributed by atoms with Gasteiger partial charge >= 0.3 is 5.97 Å². The van der Waals surface area contributed by atoms with Crippen LogP contribution in [0.2, 0.25) is 0 Å². The Morgan fingerprint density at radius 2 is 1.69 bits per heavy atom. The van der Waals surface area contributed by atoms with Crippen LogP contribution in [-0.2, 0) is 9.53 Å². The molecule has 0 bridgehead atoms. The van der Waals surface area contributed by atoms with Crippen molar-refractivity contribution >= 4 is 11.9 Å². The van der Waals surface area contributed by atoms with E-state index in [9.17, 15) is 9.59 Å². The SMILES string of the molecule is COC(=O)C1(NC(=O)c2cc(C)n(C3CCCCC3)c2C)CCCCC1. The Labute approximate surface area is 156 Å². The predicted molar refractivity (Wildman–Crippen MR) is 101 cm³/mol. The minimum Gasteiger partial charge on any atom is -0.467 e. The summed E-state index contributed by atoms with van der Waals surface area (Å²) in [4.78, 5) is 25.5. The number of aromatic nitrogens is 1. The first-order valence-corrected chi connectivity index (χ1v) is 10.1. The molecule has 0 aliphatic heterocycles. The summed E-state index contributed by atoms with van der Waals surface area (Å²) in [5, 5.41) is 3.06. The van der Waals surface area contributed by atoms with Gasteiger partial charge in [-0.3, -0.25) is 4.79 Å². The number of aryl methyl sites for hydroxylation is 1. The molecule has 1 heterocycles. The molecule has 2 aliphatic rings. The van der Waals surface area contributed by atoms with Gasteiger partial charge in [0, 0.05) is 17.4 Å². The summed E-state index contributed by atoms with van der Waals surface area (Å²) in [6.45, 7) is 4.11. The second kappa shape index (κ2) is 7.85. The van der Waals surface area contributed by atoms with E-state index in [1.807, 2.05) is 13.0 Å². The van der Waals surface area contributed by atoms with Crippen molar-refractivity contribution in [2.24, 2.45) is 0 Å². The molecule has 0 spiro atoms. The summed E-state index contributed by atoms with van der Waals surface area (Å²) in [7, 11) is 1.40. The number of carbonyl (C=O) groups excluding carboxylic acids is 2. The van der Waals surface area contributed by atoms with Gasteiger partial charge in [0.2, 0.25) is 0 Å². The summed E-state index contributed by atoms with van der Waals surface area (Å²) in [5.74, 6) is -0.459. The molecule has 0 aromatic carbocycles.